The van der Waals surface area contributed by atoms with E-state index in [2.05, 4.69) is 0 Å². The molecule has 0 saturated heterocycles. The second kappa shape index (κ2) is 4.21. The molecule has 0 aliphatic rings. The Bertz CT molecular complexity index is 267. The van der Waals surface area contributed by atoms with Crippen molar-refractivity contribution < 1.29 is 13.9 Å². The number of thioether (sulfide) groups is 1. The predicted octanol–water partition coefficient (Wildman–Crippen LogP) is 2.18. The molecule has 1 aromatic heterocycles. The zero-order valence-electron chi connectivity index (χ0n) is 6.99. The minimum absolute atomic E-state index is 0.265. The molecule has 0 spiro atoms. The van der Waals surface area contributed by atoms with Crippen LogP contribution < -0.4 is 0 Å². The molecule has 0 fully saturated rings. The fourth-order valence-corrected chi connectivity index (χ4v) is 1.12. The van der Waals surface area contributed by atoms with E-state index in [-0.39, 0.29) is 5.76 Å². The van der Waals surface area contributed by atoms with Crippen LogP contribution in [0.2, 0.25) is 0 Å². The van der Waals surface area contributed by atoms with E-state index in [0.717, 1.165) is 5.09 Å². The zero-order chi connectivity index (χ0) is 8.97. The summed E-state index contributed by atoms with van der Waals surface area (Å²) in [6.07, 6.45) is 1.88. The van der Waals surface area contributed by atoms with Gasteiger partial charge < -0.3 is 9.15 Å². The summed E-state index contributed by atoms with van der Waals surface area (Å²) < 4.78 is 9.88. The molecule has 12 heavy (non-hydrogen) atoms. The van der Waals surface area contributed by atoms with Crippen molar-refractivity contribution in [2.75, 3.05) is 12.9 Å². The third-order valence-electron chi connectivity index (χ3n) is 1.26. The first-order valence-electron chi connectivity index (χ1n) is 3.59. The Balaban J connectivity index is 2.68. The summed E-state index contributed by atoms with van der Waals surface area (Å²) in [6.45, 7) is 2.13. The SMILES string of the molecule is CCOC(=O)c1ccc(SC)o1. The van der Waals surface area contributed by atoms with E-state index in [9.17, 15) is 4.79 Å². The average Bonchev–Trinajstić information content (AvgIpc) is 2.52. The summed E-state index contributed by atoms with van der Waals surface area (Å²) in [5, 5.41) is 0.720. The smallest absolute Gasteiger partial charge is 0.374 e. The Morgan fingerprint density at radius 3 is 2.92 bits per heavy atom. The van der Waals surface area contributed by atoms with Crippen molar-refractivity contribution in [3.05, 3.63) is 17.9 Å². The topological polar surface area (TPSA) is 39.4 Å². The largest absolute Gasteiger partial charge is 0.460 e. The molecule has 0 saturated carbocycles. The van der Waals surface area contributed by atoms with Gasteiger partial charge in [-0.1, -0.05) is 11.8 Å². The lowest BCUT2D eigenvalue weighted by molar-refractivity contribution is 0.0484. The van der Waals surface area contributed by atoms with Gasteiger partial charge in [0.15, 0.2) is 5.09 Å². The molecule has 0 unspecified atom stereocenters. The van der Waals surface area contributed by atoms with Crippen LogP contribution in [0.15, 0.2) is 21.6 Å². The highest BCUT2D eigenvalue weighted by Crippen LogP contribution is 2.18. The molecule has 1 aromatic rings. The molecule has 0 aliphatic heterocycles. The van der Waals surface area contributed by atoms with E-state index < -0.39 is 5.97 Å². The lowest BCUT2D eigenvalue weighted by atomic mass is 10.5. The van der Waals surface area contributed by atoms with Crippen LogP contribution in [0.4, 0.5) is 0 Å². The molecule has 0 N–H and O–H groups in total. The van der Waals surface area contributed by atoms with Crippen molar-refractivity contribution in [1.29, 1.82) is 0 Å². The van der Waals surface area contributed by atoms with Crippen LogP contribution in [-0.4, -0.2) is 18.8 Å². The second-order valence-electron chi connectivity index (χ2n) is 2.04. The van der Waals surface area contributed by atoms with Gasteiger partial charge in [-0.15, -0.1) is 0 Å². The Kier molecular flexibility index (Phi) is 3.22. The van der Waals surface area contributed by atoms with Gasteiger partial charge in [0.2, 0.25) is 5.76 Å². The third-order valence-corrected chi connectivity index (χ3v) is 1.88. The number of esters is 1. The maximum atomic E-state index is 11.0. The first kappa shape index (κ1) is 9.19. The Morgan fingerprint density at radius 1 is 1.67 bits per heavy atom. The van der Waals surface area contributed by atoms with Crippen molar-refractivity contribution in [3.8, 4) is 0 Å². The van der Waals surface area contributed by atoms with Crippen LogP contribution in [0.1, 0.15) is 17.5 Å². The van der Waals surface area contributed by atoms with Crippen molar-refractivity contribution in [3.63, 3.8) is 0 Å². The zero-order valence-corrected chi connectivity index (χ0v) is 7.81. The molecule has 0 amide bonds. The normalized spacial score (nSPS) is 9.83. The molecule has 1 rings (SSSR count). The highest BCUT2D eigenvalue weighted by molar-refractivity contribution is 7.98. The van der Waals surface area contributed by atoms with Crippen molar-refractivity contribution in [2.24, 2.45) is 0 Å². The van der Waals surface area contributed by atoms with Crippen LogP contribution in [-0.2, 0) is 4.74 Å². The Hall–Kier alpha value is -0.900. The van der Waals surface area contributed by atoms with Gasteiger partial charge in [-0.2, -0.15) is 0 Å². The van der Waals surface area contributed by atoms with Gasteiger partial charge in [-0.25, -0.2) is 4.79 Å². The van der Waals surface area contributed by atoms with E-state index in [0.29, 0.717) is 6.61 Å². The summed E-state index contributed by atoms with van der Waals surface area (Å²) in [4.78, 5) is 11.0. The van der Waals surface area contributed by atoms with Crippen molar-refractivity contribution >= 4 is 17.7 Å². The molecular formula is C8H10O3S. The number of hydrogen-bond acceptors (Lipinski definition) is 4. The van der Waals surface area contributed by atoms with Crippen LogP contribution in [0.25, 0.3) is 0 Å². The highest BCUT2D eigenvalue weighted by atomic mass is 32.2. The minimum atomic E-state index is -0.405. The fourth-order valence-electron chi connectivity index (χ4n) is 0.742. The summed E-state index contributed by atoms with van der Waals surface area (Å²) in [6, 6.07) is 3.36. The number of hydrogen-bond donors (Lipinski definition) is 0. The van der Waals surface area contributed by atoms with E-state index >= 15 is 0 Å². The molecule has 0 radical (unpaired) electrons. The minimum Gasteiger partial charge on any atom is -0.460 e. The molecule has 3 nitrogen and oxygen atoms in total. The van der Waals surface area contributed by atoms with Gasteiger partial charge in [0, 0.05) is 0 Å². The van der Waals surface area contributed by atoms with Crippen molar-refractivity contribution in [1.82, 2.24) is 0 Å². The molecule has 4 heteroatoms. The lowest BCUT2D eigenvalue weighted by Gasteiger charge is -1.96. The first-order chi connectivity index (χ1) is 5.77. The lowest BCUT2D eigenvalue weighted by Crippen LogP contribution is -2.02. The van der Waals surface area contributed by atoms with Crippen LogP contribution in [0, 0.1) is 0 Å². The summed E-state index contributed by atoms with van der Waals surface area (Å²) in [5.74, 6) is -0.140. The molecule has 0 aliphatic carbocycles. The van der Waals surface area contributed by atoms with Crippen LogP contribution in [0.3, 0.4) is 0 Å². The summed E-state index contributed by atoms with van der Waals surface area (Å²) >= 11 is 1.45. The van der Waals surface area contributed by atoms with E-state index in [1.54, 1.807) is 19.1 Å². The quantitative estimate of drug-likeness (QED) is 0.535. The Morgan fingerprint density at radius 2 is 2.42 bits per heavy atom. The van der Waals surface area contributed by atoms with Gasteiger partial charge >= 0.3 is 5.97 Å². The second-order valence-corrected chi connectivity index (χ2v) is 2.85. The maximum absolute atomic E-state index is 11.0. The fraction of sp³-hybridized carbons (Fsp3) is 0.375. The number of rotatable bonds is 3. The number of ether oxygens (including phenoxy) is 1. The first-order valence-corrected chi connectivity index (χ1v) is 4.81. The maximum Gasteiger partial charge on any atom is 0.374 e. The predicted molar refractivity (Wildman–Crippen MR) is 46.4 cm³/mol. The van der Waals surface area contributed by atoms with Gasteiger partial charge in [0.1, 0.15) is 0 Å². The highest BCUT2D eigenvalue weighted by Gasteiger charge is 2.10. The van der Waals surface area contributed by atoms with Gasteiger partial charge in [-0.05, 0) is 25.3 Å². The molecule has 66 valence electrons. The van der Waals surface area contributed by atoms with Crippen LogP contribution >= 0.6 is 11.8 Å². The molecule has 1 heterocycles. The van der Waals surface area contributed by atoms with E-state index in [4.69, 9.17) is 9.15 Å². The summed E-state index contributed by atoms with van der Waals surface area (Å²) in [7, 11) is 0. The van der Waals surface area contributed by atoms with Gasteiger partial charge in [0.25, 0.3) is 0 Å². The number of carbonyl (C=O) groups is 1. The molecule has 0 aromatic carbocycles. The van der Waals surface area contributed by atoms with Gasteiger partial charge in [-0.3, -0.25) is 0 Å². The van der Waals surface area contributed by atoms with E-state index in [1.165, 1.54) is 11.8 Å². The molecular weight excluding hydrogens is 176 g/mol. The van der Waals surface area contributed by atoms with Gasteiger partial charge in [0.05, 0.1) is 6.61 Å². The molecule has 0 atom stereocenters. The monoisotopic (exact) mass is 186 g/mol. The number of carbonyl (C=O) groups excluding carboxylic acids is 1. The standard InChI is InChI=1S/C8H10O3S/c1-3-10-8(9)6-4-5-7(11-6)12-2/h4-5H,3H2,1-2H3. The van der Waals surface area contributed by atoms with Crippen molar-refractivity contribution in [2.45, 2.75) is 12.0 Å². The Labute approximate surface area is 75.1 Å². The van der Waals surface area contributed by atoms with E-state index in [1.807, 2.05) is 6.26 Å². The van der Waals surface area contributed by atoms with Crippen LogP contribution in [0.5, 0.6) is 0 Å². The summed E-state index contributed by atoms with van der Waals surface area (Å²) in [5.41, 5.74) is 0. The molecule has 0 bridgehead atoms. The third kappa shape index (κ3) is 2.04. The number of furan rings is 1. The average molecular weight is 186 g/mol.